The molecule has 172 valence electrons. The van der Waals surface area contributed by atoms with E-state index in [4.69, 9.17) is 14.3 Å². The minimum Gasteiger partial charge on any atom is -0.491 e. The monoisotopic (exact) mass is 438 g/mol. The number of carboxylic acid groups (broad SMARTS) is 1. The number of carboxylic acids is 1. The molecule has 0 radical (unpaired) electrons. The summed E-state index contributed by atoms with van der Waals surface area (Å²) in [6, 6.07) is 13.8. The Morgan fingerprint density at radius 2 is 1.88 bits per heavy atom. The Balaban J connectivity index is 1.66. The average Bonchev–Trinajstić information content (AvgIpc) is 3.16. The zero-order valence-electron chi connectivity index (χ0n) is 19.6. The third-order valence-corrected chi connectivity index (χ3v) is 6.13. The van der Waals surface area contributed by atoms with Crippen LogP contribution in [0.3, 0.4) is 0 Å². The van der Waals surface area contributed by atoms with Crippen molar-refractivity contribution < 1.29 is 24.2 Å². The largest absolute Gasteiger partial charge is 0.491 e. The number of rotatable bonds is 9. The quantitative estimate of drug-likeness (QED) is 0.407. The predicted molar refractivity (Wildman–Crippen MR) is 127 cm³/mol. The van der Waals surface area contributed by atoms with Crippen LogP contribution in [0.25, 0.3) is 11.0 Å². The lowest BCUT2D eigenvalue weighted by atomic mass is 9.89. The maximum absolute atomic E-state index is 11.1. The fourth-order valence-corrected chi connectivity index (χ4v) is 3.81. The summed E-state index contributed by atoms with van der Waals surface area (Å²) in [4.78, 5) is 11.1. The van der Waals surface area contributed by atoms with E-state index in [1.54, 1.807) is 6.07 Å². The Labute approximate surface area is 190 Å². The van der Waals surface area contributed by atoms with Crippen molar-refractivity contribution >= 4 is 16.9 Å². The van der Waals surface area contributed by atoms with Crippen LogP contribution in [0.2, 0.25) is 0 Å². The van der Waals surface area contributed by atoms with Gasteiger partial charge in [-0.25, -0.2) is 4.79 Å². The molecule has 5 nitrogen and oxygen atoms in total. The highest BCUT2D eigenvalue weighted by atomic mass is 16.5. The topological polar surface area (TPSA) is 79.9 Å². The van der Waals surface area contributed by atoms with Gasteiger partial charge in [0, 0.05) is 5.39 Å². The van der Waals surface area contributed by atoms with Crippen molar-refractivity contribution in [2.75, 3.05) is 6.61 Å². The summed E-state index contributed by atoms with van der Waals surface area (Å²) in [5.74, 6) is 0.144. The van der Waals surface area contributed by atoms with Crippen LogP contribution in [0.5, 0.6) is 5.75 Å². The molecular weight excluding hydrogens is 404 g/mol. The Morgan fingerprint density at radius 1 is 1.12 bits per heavy atom. The highest BCUT2D eigenvalue weighted by Gasteiger charge is 2.23. The lowest BCUT2D eigenvalue weighted by Gasteiger charge is -2.26. The first-order chi connectivity index (χ1) is 15.1. The van der Waals surface area contributed by atoms with E-state index in [1.807, 2.05) is 52.0 Å². The van der Waals surface area contributed by atoms with E-state index in [0.717, 1.165) is 36.0 Å². The minimum atomic E-state index is -1.05. The Hall–Kier alpha value is -2.79. The first kappa shape index (κ1) is 23.9. The molecule has 2 atom stereocenters. The SMILES string of the molecule is CCC(CCc1ccc2oc(C(=O)O)cc2c1)c1ccc(OCC(O)C(C)(C)C)c(C)c1. The van der Waals surface area contributed by atoms with Crippen molar-refractivity contribution in [1.29, 1.82) is 0 Å². The second-order valence-corrected chi connectivity index (χ2v) is 9.65. The second-order valence-electron chi connectivity index (χ2n) is 9.65. The van der Waals surface area contributed by atoms with Gasteiger partial charge in [0.25, 0.3) is 0 Å². The maximum atomic E-state index is 11.1. The summed E-state index contributed by atoms with van der Waals surface area (Å²) in [6.45, 7) is 10.5. The number of carbonyl (C=O) groups is 1. The molecule has 2 unspecified atom stereocenters. The molecule has 0 aliphatic rings. The number of aryl methyl sites for hydroxylation is 2. The van der Waals surface area contributed by atoms with Gasteiger partial charge in [0.1, 0.15) is 17.9 Å². The van der Waals surface area contributed by atoms with Gasteiger partial charge in [-0.05, 0) is 78.5 Å². The number of hydrogen-bond acceptors (Lipinski definition) is 4. The molecule has 1 heterocycles. The lowest BCUT2D eigenvalue weighted by Crippen LogP contribution is -2.32. The summed E-state index contributed by atoms with van der Waals surface area (Å²) >= 11 is 0. The first-order valence-electron chi connectivity index (χ1n) is 11.3. The van der Waals surface area contributed by atoms with Gasteiger partial charge in [-0.15, -0.1) is 0 Å². The maximum Gasteiger partial charge on any atom is 0.371 e. The molecule has 2 aromatic carbocycles. The smallest absolute Gasteiger partial charge is 0.371 e. The molecule has 1 aromatic heterocycles. The fourth-order valence-electron chi connectivity index (χ4n) is 3.81. The fraction of sp³-hybridized carbons (Fsp3) is 0.444. The summed E-state index contributed by atoms with van der Waals surface area (Å²) in [7, 11) is 0. The van der Waals surface area contributed by atoms with Gasteiger partial charge in [0.15, 0.2) is 0 Å². The standard InChI is InChI=1S/C27H34O5/c1-6-19(9-7-18-8-11-23-21(14-18)15-24(32-23)26(29)30)20-10-12-22(17(2)13-20)31-16-25(28)27(3,4)5/h8,10-15,19,25,28H,6-7,9,16H2,1-5H3,(H,29,30). The van der Waals surface area contributed by atoms with E-state index in [1.165, 1.54) is 11.1 Å². The van der Waals surface area contributed by atoms with Gasteiger partial charge < -0.3 is 19.4 Å². The number of aliphatic hydroxyl groups excluding tert-OH is 1. The molecule has 0 amide bonds. The van der Waals surface area contributed by atoms with Crippen molar-refractivity contribution in [3.63, 3.8) is 0 Å². The first-order valence-corrected chi connectivity index (χ1v) is 11.3. The lowest BCUT2D eigenvalue weighted by molar-refractivity contribution is 0.0216. The molecule has 5 heteroatoms. The number of hydrogen-bond donors (Lipinski definition) is 2. The van der Waals surface area contributed by atoms with Crippen molar-refractivity contribution in [2.45, 2.75) is 65.9 Å². The highest BCUT2D eigenvalue weighted by Crippen LogP contribution is 2.31. The highest BCUT2D eigenvalue weighted by molar-refractivity contribution is 5.91. The molecule has 3 rings (SSSR count). The summed E-state index contributed by atoms with van der Waals surface area (Å²) in [5.41, 5.74) is 3.91. The van der Waals surface area contributed by atoms with Crippen molar-refractivity contribution in [3.05, 3.63) is 64.9 Å². The molecule has 3 aromatic rings. The van der Waals surface area contributed by atoms with Crippen LogP contribution in [0.1, 0.15) is 73.7 Å². The third kappa shape index (κ3) is 5.71. The van der Waals surface area contributed by atoms with Crippen LogP contribution in [-0.4, -0.2) is 28.9 Å². The third-order valence-electron chi connectivity index (χ3n) is 6.13. The van der Waals surface area contributed by atoms with Gasteiger partial charge in [-0.2, -0.15) is 0 Å². The zero-order valence-corrected chi connectivity index (χ0v) is 19.6. The Kier molecular flexibility index (Phi) is 7.29. The van der Waals surface area contributed by atoms with E-state index < -0.39 is 12.1 Å². The van der Waals surface area contributed by atoms with Gasteiger partial charge in [0.05, 0.1) is 6.10 Å². The van der Waals surface area contributed by atoms with Crippen LogP contribution in [0.4, 0.5) is 0 Å². The molecule has 0 fully saturated rings. The molecule has 0 aliphatic heterocycles. The second kappa shape index (κ2) is 9.78. The zero-order chi connectivity index (χ0) is 23.5. The minimum absolute atomic E-state index is 0.0311. The van der Waals surface area contributed by atoms with Crippen LogP contribution in [0.15, 0.2) is 46.9 Å². The average molecular weight is 439 g/mol. The van der Waals surface area contributed by atoms with Crippen LogP contribution in [-0.2, 0) is 6.42 Å². The van der Waals surface area contributed by atoms with Crippen LogP contribution >= 0.6 is 0 Å². The Morgan fingerprint density at radius 3 is 2.50 bits per heavy atom. The molecule has 0 spiro atoms. The van der Waals surface area contributed by atoms with E-state index >= 15 is 0 Å². The number of furan rings is 1. The number of aromatic carboxylic acids is 1. The summed E-state index contributed by atoms with van der Waals surface area (Å²) in [6.07, 6.45) is 2.40. The van der Waals surface area contributed by atoms with Gasteiger partial charge in [-0.3, -0.25) is 0 Å². The Bertz CT molecular complexity index is 1070. The molecule has 0 aliphatic carbocycles. The van der Waals surface area contributed by atoms with Crippen molar-refractivity contribution in [3.8, 4) is 5.75 Å². The number of fused-ring (bicyclic) bond motifs is 1. The van der Waals surface area contributed by atoms with E-state index in [-0.39, 0.29) is 17.8 Å². The van der Waals surface area contributed by atoms with Crippen molar-refractivity contribution in [1.82, 2.24) is 0 Å². The van der Waals surface area contributed by atoms with Crippen molar-refractivity contribution in [2.24, 2.45) is 5.41 Å². The van der Waals surface area contributed by atoms with Crippen LogP contribution < -0.4 is 4.74 Å². The number of benzene rings is 2. The number of aliphatic hydroxyl groups is 1. The summed E-state index contributed by atoms with van der Waals surface area (Å²) < 4.78 is 11.2. The molecule has 0 bridgehead atoms. The summed E-state index contributed by atoms with van der Waals surface area (Å²) in [5, 5.41) is 20.2. The van der Waals surface area contributed by atoms with E-state index in [9.17, 15) is 9.90 Å². The molecule has 32 heavy (non-hydrogen) atoms. The molecule has 0 saturated heterocycles. The number of ether oxygens (including phenoxy) is 1. The van der Waals surface area contributed by atoms with Gasteiger partial charge in [-0.1, -0.05) is 45.9 Å². The molecular formula is C27H34O5. The van der Waals surface area contributed by atoms with Gasteiger partial charge >= 0.3 is 5.97 Å². The molecule has 2 N–H and O–H groups in total. The van der Waals surface area contributed by atoms with Gasteiger partial charge in [0.2, 0.25) is 5.76 Å². The molecule has 0 saturated carbocycles. The van der Waals surface area contributed by atoms with E-state index in [0.29, 0.717) is 11.5 Å². The van der Waals surface area contributed by atoms with Crippen LogP contribution in [0, 0.1) is 12.3 Å². The predicted octanol–water partition coefficient (Wildman–Crippen LogP) is 6.35. The van der Waals surface area contributed by atoms with E-state index in [2.05, 4.69) is 19.1 Å². The normalized spacial score (nSPS) is 13.8.